The van der Waals surface area contributed by atoms with Crippen molar-refractivity contribution >= 4 is 12.0 Å². The lowest BCUT2D eigenvalue weighted by Gasteiger charge is -2.38. The van der Waals surface area contributed by atoms with E-state index in [0.717, 1.165) is 43.4 Å². The van der Waals surface area contributed by atoms with Crippen molar-refractivity contribution in [2.75, 3.05) is 20.1 Å². The van der Waals surface area contributed by atoms with Gasteiger partial charge >= 0.3 is 0 Å². The van der Waals surface area contributed by atoms with Gasteiger partial charge in [0.1, 0.15) is 11.5 Å². The predicted molar refractivity (Wildman–Crippen MR) is 96.8 cm³/mol. The van der Waals surface area contributed by atoms with Crippen molar-refractivity contribution in [3.05, 3.63) is 29.7 Å². The van der Waals surface area contributed by atoms with Gasteiger partial charge in [0.25, 0.3) is 0 Å². The lowest BCUT2D eigenvalue weighted by molar-refractivity contribution is -0.127. The lowest BCUT2D eigenvalue weighted by atomic mass is 10.0. The van der Waals surface area contributed by atoms with E-state index in [0.29, 0.717) is 18.0 Å². The van der Waals surface area contributed by atoms with Crippen LogP contribution in [0, 0.1) is 5.92 Å². The summed E-state index contributed by atoms with van der Waals surface area (Å²) in [7, 11) is 1.92. The van der Waals surface area contributed by atoms with E-state index in [1.807, 2.05) is 24.1 Å². The van der Waals surface area contributed by atoms with Crippen LogP contribution in [-0.2, 0) is 4.79 Å². The second-order valence-electron chi connectivity index (χ2n) is 7.70. The summed E-state index contributed by atoms with van der Waals surface area (Å²) in [5, 5.41) is 0. The summed E-state index contributed by atoms with van der Waals surface area (Å²) in [5.74, 6) is 3.22. The first kappa shape index (κ1) is 17.3. The average molecular weight is 330 g/mol. The first-order valence-corrected chi connectivity index (χ1v) is 9.24. The maximum absolute atomic E-state index is 12.4. The fraction of sp³-hybridized carbons (Fsp3) is 0.650. The van der Waals surface area contributed by atoms with E-state index in [4.69, 9.17) is 4.42 Å². The van der Waals surface area contributed by atoms with E-state index in [1.54, 1.807) is 12.2 Å². The molecule has 1 aliphatic heterocycles. The van der Waals surface area contributed by atoms with E-state index in [-0.39, 0.29) is 5.91 Å². The summed E-state index contributed by atoms with van der Waals surface area (Å²) < 4.78 is 5.83. The zero-order chi connectivity index (χ0) is 17.3. The van der Waals surface area contributed by atoms with Crippen molar-refractivity contribution in [1.29, 1.82) is 0 Å². The molecule has 2 unspecified atom stereocenters. The Morgan fingerprint density at radius 3 is 2.58 bits per heavy atom. The highest BCUT2D eigenvalue weighted by Crippen LogP contribution is 2.47. The Balaban J connectivity index is 1.51. The van der Waals surface area contributed by atoms with Gasteiger partial charge in [0.2, 0.25) is 5.91 Å². The molecule has 2 aliphatic rings. The number of hydrogen-bond acceptors (Lipinski definition) is 3. The minimum absolute atomic E-state index is 0.0655. The van der Waals surface area contributed by atoms with Crippen LogP contribution in [0.25, 0.3) is 6.08 Å². The van der Waals surface area contributed by atoms with Crippen LogP contribution in [0.1, 0.15) is 57.5 Å². The van der Waals surface area contributed by atoms with Crippen molar-refractivity contribution in [3.63, 3.8) is 0 Å². The standard InChI is InChI=1S/C20H30N2O2/c1-14(2)22-11-9-16(10-12-22)21(4)20(23)8-6-17-5-7-19(24-17)18-13-15(18)3/h5-8,14-16,18H,9-13H2,1-4H3/b8-6+. The fourth-order valence-electron chi connectivity index (χ4n) is 3.62. The van der Waals surface area contributed by atoms with Crippen LogP contribution in [0.3, 0.4) is 0 Å². The summed E-state index contributed by atoms with van der Waals surface area (Å²) in [6.07, 6.45) is 6.78. The Labute approximate surface area is 145 Å². The van der Waals surface area contributed by atoms with Crippen LogP contribution in [0.15, 0.2) is 22.6 Å². The molecule has 2 fully saturated rings. The second-order valence-corrected chi connectivity index (χ2v) is 7.70. The molecule has 2 heterocycles. The van der Waals surface area contributed by atoms with Gasteiger partial charge in [-0.1, -0.05) is 6.92 Å². The van der Waals surface area contributed by atoms with Crippen LogP contribution in [0.5, 0.6) is 0 Å². The summed E-state index contributed by atoms with van der Waals surface area (Å²) in [4.78, 5) is 16.8. The number of nitrogens with zero attached hydrogens (tertiary/aromatic N) is 2. The minimum Gasteiger partial charge on any atom is -0.461 e. The molecule has 1 saturated heterocycles. The Hall–Kier alpha value is -1.55. The maximum Gasteiger partial charge on any atom is 0.246 e. The highest BCUT2D eigenvalue weighted by Gasteiger charge is 2.36. The Morgan fingerprint density at radius 2 is 2.00 bits per heavy atom. The van der Waals surface area contributed by atoms with Crippen LogP contribution < -0.4 is 0 Å². The number of rotatable bonds is 5. The molecule has 1 saturated carbocycles. The van der Waals surface area contributed by atoms with Gasteiger partial charge in [-0.05, 0) is 57.2 Å². The molecule has 4 heteroatoms. The zero-order valence-corrected chi connectivity index (χ0v) is 15.4. The highest BCUT2D eigenvalue weighted by atomic mass is 16.3. The Bertz CT molecular complexity index is 597. The molecule has 4 nitrogen and oxygen atoms in total. The predicted octanol–water partition coefficient (Wildman–Crippen LogP) is 3.75. The van der Waals surface area contributed by atoms with Gasteiger partial charge in [-0.2, -0.15) is 0 Å². The van der Waals surface area contributed by atoms with Crippen molar-refractivity contribution in [2.24, 2.45) is 5.92 Å². The largest absolute Gasteiger partial charge is 0.461 e. The van der Waals surface area contributed by atoms with E-state index in [2.05, 4.69) is 25.7 Å². The molecule has 0 N–H and O–H groups in total. The summed E-state index contributed by atoms with van der Waals surface area (Å²) in [6, 6.07) is 4.94. The minimum atomic E-state index is 0.0655. The second kappa shape index (κ2) is 7.14. The lowest BCUT2D eigenvalue weighted by Crippen LogP contribution is -2.47. The molecule has 24 heavy (non-hydrogen) atoms. The molecule has 2 atom stereocenters. The molecule has 1 aliphatic carbocycles. The monoisotopic (exact) mass is 330 g/mol. The summed E-state index contributed by atoms with van der Waals surface area (Å²) in [6.45, 7) is 8.86. The van der Waals surface area contributed by atoms with E-state index >= 15 is 0 Å². The normalized spacial score (nSPS) is 25.5. The number of hydrogen-bond donors (Lipinski definition) is 0. The Morgan fingerprint density at radius 1 is 1.33 bits per heavy atom. The first-order chi connectivity index (χ1) is 11.5. The third-order valence-corrected chi connectivity index (χ3v) is 5.64. The van der Waals surface area contributed by atoms with Gasteiger partial charge in [-0.15, -0.1) is 0 Å². The zero-order valence-electron chi connectivity index (χ0n) is 15.4. The molecule has 0 bridgehead atoms. The van der Waals surface area contributed by atoms with Crippen molar-refractivity contribution in [1.82, 2.24) is 9.80 Å². The summed E-state index contributed by atoms with van der Waals surface area (Å²) in [5.41, 5.74) is 0. The molecule has 0 aromatic carbocycles. The van der Waals surface area contributed by atoms with Crippen molar-refractivity contribution in [3.8, 4) is 0 Å². The molecule has 132 valence electrons. The van der Waals surface area contributed by atoms with Crippen LogP contribution in [0.4, 0.5) is 0 Å². The summed E-state index contributed by atoms with van der Waals surface area (Å²) >= 11 is 0. The number of furan rings is 1. The average Bonchev–Trinajstić information content (AvgIpc) is 3.12. The topological polar surface area (TPSA) is 36.7 Å². The van der Waals surface area contributed by atoms with E-state index < -0.39 is 0 Å². The molecular formula is C20H30N2O2. The number of amides is 1. The number of carbonyl (C=O) groups is 1. The van der Waals surface area contributed by atoms with E-state index in [1.165, 1.54) is 6.42 Å². The van der Waals surface area contributed by atoms with Crippen LogP contribution in [-0.4, -0.2) is 47.9 Å². The van der Waals surface area contributed by atoms with Gasteiger partial charge in [0, 0.05) is 44.2 Å². The third kappa shape index (κ3) is 3.92. The van der Waals surface area contributed by atoms with Gasteiger partial charge in [0.15, 0.2) is 0 Å². The first-order valence-electron chi connectivity index (χ1n) is 9.24. The quantitative estimate of drug-likeness (QED) is 0.772. The molecular weight excluding hydrogens is 300 g/mol. The molecule has 1 amide bonds. The Kier molecular flexibility index (Phi) is 5.14. The number of likely N-dealkylation sites (tertiary alicyclic amines) is 1. The molecule has 1 aromatic rings. The van der Waals surface area contributed by atoms with Gasteiger partial charge in [0.05, 0.1) is 0 Å². The number of carbonyl (C=O) groups excluding carboxylic acids is 1. The molecule has 1 aromatic heterocycles. The fourth-order valence-corrected chi connectivity index (χ4v) is 3.62. The number of likely N-dealkylation sites (N-methyl/N-ethyl adjacent to an activating group) is 1. The van der Waals surface area contributed by atoms with Gasteiger partial charge < -0.3 is 14.2 Å². The van der Waals surface area contributed by atoms with Crippen LogP contribution in [0.2, 0.25) is 0 Å². The SMILES string of the molecule is CC1CC1c1ccc(/C=C/C(=O)N(C)C2CCN(C(C)C)CC2)o1. The number of piperidine rings is 1. The third-order valence-electron chi connectivity index (χ3n) is 5.64. The molecule has 0 spiro atoms. The van der Waals surface area contributed by atoms with Gasteiger partial charge in [-0.3, -0.25) is 4.79 Å². The highest BCUT2D eigenvalue weighted by molar-refractivity contribution is 5.91. The molecule has 0 radical (unpaired) electrons. The smallest absolute Gasteiger partial charge is 0.246 e. The van der Waals surface area contributed by atoms with Crippen LogP contribution >= 0.6 is 0 Å². The molecule has 3 rings (SSSR count). The van der Waals surface area contributed by atoms with Crippen molar-refractivity contribution in [2.45, 2.75) is 58.0 Å². The maximum atomic E-state index is 12.4. The van der Waals surface area contributed by atoms with Gasteiger partial charge in [-0.25, -0.2) is 0 Å². The van der Waals surface area contributed by atoms with E-state index in [9.17, 15) is 4.79 Å². The van der Waals surface area contributed by atoms with Crippen molar-refractivity contribution < 1.29 is 9.21 Å².